The summed E-state index contributed by atoms with van der Waals surface area (Å²) in [5, 5.41) is 2.40. The van der Waals surface area contributed by atoms with Gasteiger partial charge in [0.1, 0.15) is 12.4 Å². The molecule has 1 fully saturated rings. The average Bonchev–Trinajstić information content (AvgIpc) is 3.34. The van der Waals surface area contributed by atoms with Gasteiger partial charge in [0, 0.05) is 30.4 Å². The summed E-state index contributed by atoms with van der Waals surface area (Å²) in [6.45, 7) is 1.80. The highest BCUT2D eigenvalue weighted by atomic mass is 35.5. The molecule has 0 bridgehead atoms. The Labute approximate surface area is 231 Å². The fraction of sp³-hybridized carbons (Fsp3) is 0.259. The Morgan fingerprint density at radius 1 is 1.08 bits per heavy atom. The van der Waals surface area contributed by atoms with Crippen LogP contribution < -0.4 is 24.0 Å². The van der Waals surface area contributed by atoms with Crippen LogP contribution in [0.2, 0.25) is 5.02 Å². The number of nitrogens with one attached hydrogen (secondary N) is 1. The molecule has 12 heteroatoms. The lowest BCUT2D eigenvalue weighted by molar-refractivity contribution is -0.117. The minimum absolute atomic E-state index is 0.00181. The van der Waals surface area contributed by atoms with Crippen LogP contribution in [0.1, 0.15) is 18.4 Å². The van der Waals surface area contributed by atoms with Crippen molar-refractivity contribution in [1.82, 2.24) is 0 Å². The zero-order valence-corrected chi connectivity index (χ0v) is 23.1. The number of benzene rings is 3. The van der Waals surface area contributed by atoms with E-state index in [9.17, 15) is 22.4 Å². The Morgan fingerprint density at radius 3 is 2.46 bits per heavy atom. The summed E-state index contributed by atoms with van der Waals surface area (Å²) in [6.07, 6.45) is 1.21. The number of hydrogen-bond donors (Lipinski definition) is 1. The molecule has 39 heavy (non-hydrogen) atoms. The van der Waals surface area contributed by atoms with Gasteiger partial charge in [0.05, 0.1) is 29.8 Å². The van der Waals surface area contributed by atoms with Crippen LogP contribution in [0, 0.1) is 12.7 Å². The number of anilines is 3. The zero-order valence-electron chi connectivity index (χ0n) is 21.5. The van der Waals surface area contributed by atoms with Crippen LogP contribution in [0.3, 0.4) is 0 Å². The SMILES string of the molecule is COc1ccc(S(=O)(=O)N(CC(=O)Nc2ccc(C)c(N3CCCC3=O)c2)c2ccc(F)c(Cl)c2)cc1OC. The van der Waals surface area contributed by atoms with E-state index in [0.29, 0.717) is 30.1 Å². The maximum atomic E-state index is 13.9. The molecule has 3 aromatic carbocycles. The standard InChI is InChI=1S/C27H27ClFN3O6S/c1-17-6-7-18(13-23(17)31-12-4-5-27(31)34)30-26(33)16-32(19-8-10-22(29)21(28)14-19)39(35,36)20-9-11-24(37-2)25(15-20)38-3/h6-11,13-15H,4-5,12,16H2,1-3H3,(H,30,33). The highest BCUT2D eigenvalue weighted by molar-refractivity contribution is 7.92. The third-order valence-electron chi connectivity index (χ3n) is 6.28. The van der Waals surface area contributed by atoms with Crippen molar-refractivity contribution in [3.05, 3.63) is 71.0 Å². The highest BCUT2D eigenvalue weighted by Gasteiger charge is 2.29. The first-order valence-corrected chi connectivity index (χ1v) is 13.8. The molecule has 1 aliphatic rings. The summed E-state index contributed by atoms with van der Waals surface area (Å²) in [5.74, 6) is -0.915. The van der Waals surface area contributed by atoms with Gasteiger partial charge < -0.3 is 19.7 Å². The van der Waals surface area contributed by atoms with Gasteiger partial charge in [0.15, 0.2) is 11.5 Å². The van der Waals surface area contributed by atoms with Gasteiger partial charge in [-0.25, -0.2) is 12.8 Å². The quantitative estimate of drug-likeness (QED) is 0.394. The second kappa shape index (κ2) is 11.5. The van der Waals surface area contributed by atoms with E-state index in [1.165, 1.54) is 38.5 Å². The van der Waals surface area contributed by atoms with E-state index >= 15 is 0 Å². The van der Waals surface area contributed by atoms with Crippen LogP contribution in [0.15, 0.2) is 59.5 Å². The Morgan fingerprint density at radius 2 is 1.82 bits per heavy atom. The Bertz CT molecular complexity index is 1530. The molecular weight excluding hydrogens is 549 g/mol. The fourth-order valence-electron chi connectivity index (χ4n) is 4.27. The van der Waals surface area contributed by atoms with Gasteiger partial charge in [-0.2, -0.15) is 0 Å². The number of sulfonamides is 1. The minimum atomic E-state index is -4.36. The predicted octanol–water partition coefficient (Wildman–Crippen LogP) is 4.77. The molecule has 0 radical (unpaired) electrons. The average molecular weight is 576 g/mol. The highest BCUT2D eigenvalue weighted by Crippen LogP contribution is 2.33. The summed E-state index contributed by atoms with van der Waals surface area (Å²) in [6, 6.07) is 12.5. The molecule has 0 atom stereocenters. The van der Waals surface area contributed by atoms with Crippen molar-refractivity contribution < 1.29 is 31.9 Å². The number of ether oxygens (including phenoxy) is 2. The Kier molecular flexibility index (Phi) is 8.31. The zero-order chi connectivity index (χ0) is 28.3. The van der Waals surface area contributed by atoms with Gasteiger partial charge in [-0.05, 0) is 61.4 Å². The number of carbonyl (C=O) groups is 2. The van der Waals surface area contributed by atoms with Crippen LogP contribution >= 0.6 is 11.6 Å². The topological polar surface area (TPSA) is 105 Å². The monoisotopic (exact) mass is 575 g/mol. The van der Waals surface area contributed by atoms with E-state index in [-0.39, 0.29) is 27.3 Å². The van der Waals surface area contributed by atoms with Gasteiger partial charge in [-0.3, -0.25) is 13.9 Å². The summed E-state index contributed by atoms with van der Waals surface area (Å²) in [5.41, 5.74) is 1.91. The summed E-state index contributed by atoms with van der Waals surface area (Å²) in [7, 11) is -1.58. The van der Waals surface area contributed by atoms with E-state index in [2.05, 4.69) is 5.32 Å². The lowest BCUT2D eigenvalue weighted by Crippen LogP contribution is -2.38. The van der Waals surface area contributed by atoms with E-state index in [0.717, 1.165) is 28.4 Å². The number of hydrogen-bond acceptors (Lipinski definition) is 6. The molecule has 0 unspecified atom stereocenters. The second-order valence-corrected chi connectivity index (χ2v) is 11.1. The van der Waals surface area contributed by atoms with Crippen molar-refractivity contribution in [1.29, 1.82) is 0 Å². The molecule has 3 aromatic rings. The molecule has 1 heterocycles. The molecule has 0 saturated carbocycles. The maximum Gasteiger partial charge on any atom is 0.264 e. The number of carbonyl (C=O) groups excluding carboxylic acids is 2. The normalized spacial score (nSPS) is 13.4. The molecule has 4 rings (SSSR count). The lowest BCUT2D eigenvalue weighted by Gasteiger charge is -2.25. The number of nitrogens with zero attached hydrogens (tertiary/aromatic N) is 2. The number of methoxy groups -OCH3 is 2. The van der Waals surface area contributed by atoms with Crippen molar-refractivity contribution in [3.63, 3.8) is 0 Å². The summed E-state index contributed by atoms with van der Waals surface area (Å²) < 4.78 is 52.7. The van der Waals surface area contributed by atoms with E-state index < -0.39 is 28.3 Å². The van der Waals surface area contributed by atoms with Gasteiger partial charge >= 0.3 is 0 Å². The number of halogens is 2. The largest absolute Gasteiger partial charge is 0.493 e. The summed E-state index contributed by atoms with van der Waals surface area (Å²) in [4.78, 5) is 26.9. The van der Waals surface area contributed by atoms with E-state index in [1.807, 2.05) is 6.92 Å². The summed E-state index contributed by atoms with van der Waals surface area (Å²) >= 11 is 5.95. The molecule has 1 saturated heterocycles. The molecule has 1 N–H and O–H groups in total. The lowest BCUT2D eigenvalue weighted by atomic mass is 10.1. The van der Waals surface area contributed by atoms with Crippen LogP contribution in [-0.2, 0) is 19.6 Å². The molecular formula is C27H27ClFN3O6S. The molecule has 2 amide bonds. The van der Waals surface area contributed by atoms with Crippen LogP contribution in [0.5, 0.6) is 11.5 Å². The smallest absolute Gasteiger partial charge is 0.264 e. The third-order valence-corrected chi connectivity index (χ3v) is 8.34. The van der Waals surface area contributed by atoms with Crippen molar-refractivity contribution in [3.8, 4) is 11.5 Å². The molecule has 1 aliphatic heterocycles. The first-order chi connectivity index (χ1) is 18.5. The number of aryl methyl sites for hydroxylation is 1. The first-order valence-electron chi connectivity index (χ1n) is 12.0. The fourth-order valence-corrected chi connectivity index (χ4v) is 5.87. The van der Waals surface area contributed by atoms with Crippen molar-refractivity contribution >= 4 is 50.5 Å². The third kappa shape index (κ3) is 5.94. The molecule has 9 nitrogen and oxygen atoms in total. The first kappa shape index (κ1) is 28.2. The number of amides is 2. The van der Waals surface area contributed by atoms with Crippen molar-refractivity contribution in [2.75, 3.05) is 41.8 Å². The van der Waals surface area contributed by atoms with Gasteiger partial charge in [0.2, 0.25) is 11.8 Å². The second-order valence-electron chi connectivity index (χ2n) is 8.83. The predicted molar refractivity (Wildman–Crippen MR) is 147 cm³/mol. The van der Waals surface area contributed by atoms with E-state index in [1.54, 1.807) is 23.1 Å². The maximum absolute atomic E-state index is 13.9. The molecule has 206 valence electrons. The number of rotatable bonds is 9. The Hall–Kier alpha value is -3.83. The van der Waals surface area contributed by atoms with E-state index in [4.69, 9.17) is 21.1 Å². The molecule has 0 spiro atoms. The van der Waals surface area contributed by atoms with Gasteiger partial charge in [-0.1, -0.05) is 17.7 Å². The van der Waals surface area contributed by atoms with Crippen LogP contribution in [0.4, 0.5) is 21.5 Å². The molecule has 0 aliphatic carbocycles. The molecule has 0 aromatic heterocycles. The van der Waals surface area contributed by atoms with Crippen molar-refractivity contribution in [2.45, 2.75) is 24.7 Å². The minimum Gasteiger partial charge on any atom is -0.493 e. The van der Waals surface area contributed by atoms with Crippen LogP contribution in [-0.4, -0.2) is 47.5 Å². The van der Waals surface area contributed by atoms with Gasteiger partial charge in [-0.15, -0.1) is 0 Å². The van der Waals surface area contributed by atoms with Gasteiger partial charge in [0.25, 0.3) is 10.0 Å². The van der Waals surface area contributed by atoms with Crippen molar-refractivity contribution in [2.24, 2.45) is 0 Å². The van der Waals surface area contributed by atoms with Crippen LogP contribution in [0.25, 0.3) is 0 Å². The Balaban J connectivity index is 1.67.